The standard InChI is InChI=1S/C21H25NO2/c1-22-17-9-10-18(22)14-20(13-17)24-21(15-5-3-2-4-6-15)16-7-11-19(23)12-8-16/h2-8,11-12,17-18,20-21,23H,9-10,13-14H2,1H3/t17-,18+,20?,21?. The molecular formula is C21H25NO2. The Balaban J connectivity index is 1.58. The predicted octanol–water partition coefficient (Wildman–Crippen LogP) is 4.12. The van der Waals surface area contributed by atoms with Crippen molar-refractivity contribution in [3.8, 4) is 5.75 Å². The van der Waals surface area contributed by atoms with E-state index in [-0.39, 0.29) is 6.10 Å². The molecule has 4 atom stereocenters. The van der Waals surface area contributed by atoms with E-state index in [9.17, 15) is 5.11 Å². The lowest BCUT2D eigenvalue weighted by atomic mass is 9.97. The van der Waals surface area contributed by atoms with Gasteiger partial charge in [0.25, 0.3) is 0 Å². The van der Waals surface area contributed by atoms with Gasteiger partial charge in [0.05, 0.1) is 6.10 Å². The van der Waals surface area contributed by atoms with Crippen molar-refractivity contribution >= 4 is 0 Å². The van der Waals surface area contributed by atoms with Crippen LogP contribution < -0.4 is 0 Å². The molecule has 0 amide bonds. The van der Waals surface area contributed by atoms with Gasteiger partial charge in [-0.3, -0.25) is 0 Å². The first-order valence-electron chi connectivity index (χ1n) is 8.92. The first-order chi connectivity index (χ1) is 11.7. The number of aromatic hydroxyl groups is 1. The minimum absolute atomic E-state index is 0.0698. The molecule has 0 radical (unpaired) electrons. The predicted molar refractivity (Wildman–Crippen MR) is 95.1 cm³/mol. The monoisotopic (exact) mass is 323 g/mol. The SMILES string of the molecule is CN1[C@@H]2CC[C@H]1CC(OC(c1ccccc1)c1ccc(O)cc1)C2. The van der Waals surface area contributed by atoms with Crippen molar-refractivity contribution in [3.05, 3.63) is 65.7 Å². The van der Waals surface area contributed by atoms with Crippen LogP contribution in [0.4, 0.5) is 0 Å². The summed E-state index contributed by atoms with van der Waals surface area (Å²) in [4.78, 5) is 2.54. The van der Waals surface area contributed by atoms with Gasteiger partial charge < -0.3 is 14.7 Å². The van der Waals surface area contributed by atoms with E-state index in [2.05, 4.69) is 36.2 Å². The molecule has 2 aliphatic heterocycles. The number of benzene rings is 2. The molecule has 2 bridgehead atoms. The van der Waals surface area contributed by atoms with Crippen LogP contribution in [0.3, 0.4) is 0 Å². The van der Waals surface area contributed by atoms with Crippen molar-refractivity contribution in [1.82, 2.24) is 4.90 Å². The van der Waals surface area contributed by atoms with Crippen molar-refractivity contribution in [3.63, 3.8) is 0 Å². The zero-order valence-electron chi connectivity index (χ0n) is 14.1. The number of nitrogens with zero attached hydrogens (tertiary/aromatic N) is 1. The molecule has 2 aromatic carbocycles. The first-order valence-corrected chi connectivity index (χ1v) is 8.92. The highest BCUT2D eigenvalue weighted by molar-refractivity contribution is 5.33. The number of hydrogen-bond donors (Lipinski definition) is 1. The summed E-state index contributed by atoms with van der Waals surface area (Å²) >= 11 is 0. The lowest BCUT2D eigenvalue weighted by molar-refractivity contribution is -0.0426. The minimum atomic E-state index is -0.0698. The third-order valence-corrected chi connectivity index (χ3v) is 5.68. The molecule has 0 aromatic heterocycles. The van der Waals surface area contributed by atoms with Crippen LogP contribution in [0.15, 0.2) is 54.6 Å². The summed E-state index contributed by atoms with van der Waals surface area (Å²) in [6.07, 6.45) is 5.08. The van der Waals surface area contributed by atoms with Crippen LogP contribution in [-0.2, 0) is 4.74 Å². The fourth-order valence-electron chi connectivity index (χ4n) is 4.29. The van der Waals surface area contributed by atoms with Crippen LogP contribution in [0.5, 0.6) is 5.75 Å². The molecule has 2 aliphatic rings. The summed E-state index contributed by atoms with van der Waals surface area (Å²) < 4.78 is 6.62. The van der Waals surface area contributed by atoms with E-state index in [0.29, 0.717) is 23.9 Å². The Kier molecular flexibility index (Phi) is 4.30. The highest BCUT2D eigenvalue weighted by atomic mass is 16.5. The Morgan fingerprint density at radius 3 is 2.12 bits per heavy atom. The van der Waals surface area contributed by atoms with Crippen LogP contribution in [0, 0.1) is 0 Å². The summed E-state index contributed by atoms with van der Waals surface area (Å²) in [6, 6.07) is 19.2. The zero-order chi connectivity index (χ0) is 16.5. The van der Waals surface area contributed by atoms with Crippen LogP contribution in [0.2, 0.25) is 0 Å². The summed E-state index contributed by atoms with van der Waals surface area (Å²) in [7, 11) is 2.26. The summed E-state index contributed by atoms with van der Waals surface area (Å²) in [6.45, 7) is 0. The van der Waals surface area contributed by atoms with Crippen molar-refractivity contribution < 1.29 is 9.84 Å². The van der Waals surface area contributed by atoms with Gasteiger partial charge in [-0.2, -0.15) is 0 Å². The average Bonchev–Trinajstić information content (AvgIpc) is 2.83. The topological polar surface area (TPSA) is 32.7 Å². The Bertz CT molecular complexity index is 656. The molecule has 3 heteroatoms. The van der Waals surface area contributed by atoms with Gasteiger partial charge in [0.1, 0.15) is 11.9 Å². The van der Waals surface area contributed by atoms with Gasteiger partial charge in [-0.15, -0.1) is 0 Å². The van der Waals surface area contributed by atoms with E-state index in [0.717, 1.165) is 18.4 Å². The molecular weight excluding hydrogens is 298 g/mol. The fraction of sp³-hybridized carbons (Fsp3) is 0.429. The number of piperidine rings is 1. The second-order valence-corrected chi connectivity index (χ2v) is 7.16. The molecule has 1 N–H and O–H groups in total. The van der Waals surface area contributed by atoms with E-state index in [1.807, 2.05) is 18.2 Å². The Morgan fingerprint density at radius 1 is 0.917 bits per heavy atom. The maximum atomic E-state index is 9.59. The fourth-order valence-corrected chi connectivity index (χ4v) is 4.29. The number of rotatable bonds is 4. The molecule has 126 valence electrons. The molecule has 24 heavy (non-hydrogen) atoms. The average molecular weight is 323 g/mol. The Hall–Kier alpha value is -1.84. The van der Waals surface area contributed by atoms with E-state index in [4.69, 9.17) is 4.74 Å². The van der Waals surface area contributed by atoms with Gasteiger partial charge in [0, 0.05) is 12.1 Å². The molecule has 0 aliphatic carbocycles. The lowest BCUT2D eigenvalue weighted by Crippen LogP contribution is -2.43. The largest absolute Gasteiger partial charge is 0.508 e. The van der Waals surface area contributed by atoms with E-state index in [1.165, 1.54) is 18.4 Å². The Labute approximate surface area is 143 Å². The van der Waals surface area contributed by atoms with Gasteiger partial charge in [0.2, 0.25) is 0 Å². The molecule has 2 fully saturated rings. The molecule has 2 saturated heterocycles. The number of ether oxygens (including phenoxy) is 1. The number of fused-ring (bicyclic) bond motifs is 2. The number of phenols is 1. The normalized spacial score (nSPS) is 28.0. The third kappa shape index (κ3) is 3.06. The summed E-state index contributed by atoms with van der Waals surface area (Å²) in [5, 5.41) is 9.59. The zero-order valence-corrected chi connectivity index (χ0v) is 14.1. The van der Waals surface area contributed by atoms with E-state index < -0.39 is 0 Å². The van der Waals surface area contributed by atoms with Crippen molar-refractivity contribution in [1.29, 1.82) is 0 Å². The van der Waals surface area contributed by atoms with Gasteiger partial charge in [-0.25, -0.2) is 0 Å². The highest BCUT2D eigenvalue weighted by Gasteiger charge is 2.39. The number of hydrogen-bond acceptors (Lipinski definition) is 3. The van der Waals surface area contributed by atoms with Gasteiger partial charge in [-0.1, -0.05) is 42.5 Å². The van der Waals surface area contributed by atoms with Crippen LogP contribution in [0.1, 0.15) is 42.9 Å². The van der Waals surface area contributed by atoms with Crippen LogP contribution in [0.25, 0.3) is 0 Å². The summed E-state index contributed by atoms with van der Waals surface area (Å²) in [5.74, 6) is 0.294. The molecule has 4 rings (SSSR count). The van der Waals surface area contributed by atoms with Crippen LogP contribution in [-0.4, -0.2) is 35.2 Å². The molecule has 2 unspecified atom stereocenters. The minimum Gasteiger partial charge on any atom is -0.508 e. The second-order valence-electron chi connectivity index (χ2n) is 7.16. The second kappa shape index (κ2) is 6.58. The van der Waals surface area contributed by atoms with Crippen LogP contribution >= 0.6 is 0 Å². The van der Waals surface area contributed by atoms with Gasteiger partial charge in [-0.05, 0) is 56.0 Å². The molecule has 2 heterocycles. The van der Waals surface area contributed by atoms with E-state index in [1.54, 1.807) is 12.1 Å². The Morgan fingerprint density at radius 2 is 1.50 bits per heavy atom. The van der Waals surface area contributed by atoms with Gasteiger partial charge in [0.15, 0.2) is 0 Å². The first kappa shape index (κ1) is 15.7. The van der Waals surface area contributed by atoms with E-state index >= 15 is 0 Å². The van der Waals surface area contributed by atoms with Crippen molar-refractivity contribution in [2.24, 2.45) is 0 Å². The summed E-state index contributed by atoms with van der Waals surface area (Å²) in [5.41, 5.74) is 2.28. The quantitative estimate of drug-likeness (QED) is 0.918. The maximum Gasteiger partial charge on any atom is 0.115 e. The smallest absolute Gasteiger partial charge is 0.115 e. The highest BCUT2D eigenvalue weighted by Crippen LogP contribution is 2.38. The molecule has 0 saturated carbocycles. The molecule has 2 aromatic rings. The lowest BCUT2D eigenvalue weighted by Gasteiger charge is -2.38. The van der Waals surface area contributed by atoms with Gasteiger partial charge >= 0.3 is 0 Å². The molecule has 3 nitrogen and oxygen atoms in total. The number of phenolic OH excluding ortho intramolecular Hbond substituents is 1. The third-order valence-electron chi connectivity index (χ3n) is 5.68. The maximum absolute atomic E-state index is 9.59. The molecule has 0 spiro atoms. The van der Waals surface area contributed by atoms with Crippen molar-refractivity contribution in [2.45, 2.75) is 50.0 Å². The van der Waals surface area contributed by atoms with Crippen molar-refractivity contribution in [2.75, 3.05) is 7.05 Å².